The molecule has 1 aromatic heterocycles. The summed E-state index contributed by atoms with van der Waals surface area (Å²) in [6.45, 7) is 3.14. The van der Waals surface area contributed by atoms with Crippen LogP contribution < -0.4 is 5.32 Å². The van der Waals surface area contributed by atoms with Gasteiger partial charge in [-0.15, -0.1) is 33.3 Å². The Kier molecular flexibility index (Phi) is 7.86. The minimum atomic E-state index is -1.80. The third kappa shape index (κ3) is 5.55. The third-order valence-electron chi connectivity index (χ3n) is 5.72. The number of halogens is 3. The Morgan fingerprint density at radius 1 is 1.29 bits per heavy atom. The summed E-state index contributed by atoms with van der Waals surface area (Å²) in [5.74, 6) is -1.41. The number of aromatic nitrogens is 2. The Morgan fingerprint density at radius 3 is 2.57 bits per heavy atom. The molecule has 2 amide bonds. The first-order chi connectivity index (χ1) is 16.4. The molecule has 35 heavy (non-hydrogen) atoms. The van der Waals surface area contributed by atoms with Crippen molar-refractivity contribution in [1.29, 1.82) is 0 Å². The van der Waals surface area contributed by atoms with Crippen LogP contribution in [0.15, 0.2) is 30.3 Å². The molecule has 188 valence electrons. The van der Waals surface area contributed by atoms with Crippen LogP contribution >= 0.6 is 70.5 Å². The number of ether oxygens (including phenoxy) is 1. The zero-order valence-electron chi connectivity index (χ0n) is 18.5. The molecule has 2 aromatic rings. The fraction of sp³-hybridized carbons (Fsp3) is 0.476. The predicted molar refractivity (Wildman–Crippen MR) is 140 cm³/mol. The SMILES string of the molecule is Cc1nnc(C(S)C2(C)SC3C(NC(=O)Cc4ccccc4)C(=O)N3C2C(=O)OCC(Cl)(Cl)Cl)s1. The van der Waals surface area contributed by atoms with Crippen molar-refractivity contribution in [1.82, 2.24) is 20.4 Å². The monoisotopic (exact) mass is 594 g/mol. The number of rotatable bonds is 7. The highest BCUT2D eigenvalue weighted by Gasteiger charge is 2.68. The lowest BCUT2D eigenvalue weighted by molar-refractivity contribution is -0.164. The number of nitrogens with one attached hydrogen (secondary N) is 1. The van der Waals surface area contributed by atoms with E-state index in [4.69, 9.17) is 52.2 Å². The summed E-state index contributed by atoms with van der Waals surface area (Å²) in [6.07, 6.45) is 0.132. The minimum Gasteiger partial charge on any atom is -0.460 e. The Hall–Kier alpha value is -1.24. The number of thioether (sulfide) groups is 1. The number of nitrogens with zero attached hydrogens (tertiary/aromatic N) is 3. The van der Waals surface area contributed by atoms with Crippen LogP contribution in [0.4, 0.5) is 0 Å². The summed E-state index contributed by atoms with van der Waals surface area (Å²) in [5.41, 5.74) is 0.827. The zero-order chi connectivity index (χ0) is 25.5. The number of fused-ring (bicyclic) bond motifs is 1. The highest BCUT2D eigenvalue weighted by molar-refractivity contribution is 8.02. The molecule has 14 heteroatoms. The maximum atomic E-state index is 13.2. The van der Waals surface area contributed by atoms with E-state index in [1.54, 1.807) is 0 Å². The molecular weight excluding hydrogens is 575 g/mol. The first-order valence-electron chi connectivity index (χ1n) is 10.5. The number of carbonyl (C=O) groups excluding carboxylic acids is 3. The van der Waals surface area contributed by atoms with Crippen LogP contribution in [0.3, 0.4) is 0 Å². The van der Waals surface area contributed by atoms with Crippen molar-refractivity contribution in [2.45, 2.75) is 51.5 Å². The second kappa shape index (κ2) is 10.3. The van der Waals surface area contributed by atoms with Gasteiger partial charge in [0.05, 0.1) is 16.4 Å². The number of thiol groups is 1. The van der Waals surface area contributed by atoms with Crippen LogP contribution in [0, 0.1) is 6.92 Å². The molecule has 0 spiro atoms. The molecule has 0 bridgehead atoms. The second-order valence-electron chi connectivity index (χ2n) is 8.33. The van der Waals surface area contributed by atoms with Gasteiger partial charge in [0.2, 0.25) is 15.6 Å². The van der Waals surface area contributed by atoms with Gasteiger partial charge in [-0.05, 0) is 19.4 Å². The van der Waals surface area contributed by atoms with Gasteiger partial charge in [0, 0.05) is 0 Å². The fourth-order valence-electron chi connectivity index (χ4n) is 4.09. The molecule has 0 radical (unpaired) electrons. The van der Waals surface area contributed by atoms with E-state index >= 15 is 0 Å². The molecule has 2 aliphatic rings. The molecule has 2 fully saturated rings. The van der Waals surface area contributed by atoms with Crippen molar-refractivity contribution in [3.05, 3.63) is 45.9 Å². The van der Waals surface area contributed by atoms with E-state index in [0.29, 0.717) is 5.01 Å². The van der Waals surface area contributed by atoms with Crippen LogP contribution in [0.5, 0.6) is 0 Å². The van der Waals surface area contributed by atoms with Crippen LogP contribution in [0.1, 0.15) is 27.8 Å². The van der Waals surface area contributed by atoms with E-state index in [-0.39, 0.29) is 12.3 Å². The molecule has 0 aliphatic carbocycles. The van der Waals surface area contributed by atoms with Crippen LogP contribution in [0.2, 0.25) is 0 Å². The summed E-state index contributed by atoms with van der Waals surface area (Å²) in [5, 5.41) is 11.3. The Balaban J connectivity index is 1.56. The standard InChI is InChI=1S/C21H21Cl3N4O4S3/c1-10-26-27-16(34-10)15(33)20(2)14(19(31)32-9-21(22,23)24)28-17(30)13(18(28)35-20)25-12(29)8-11-6-4-3-5-7-11/h3-7,13-15,18,33H,8-9H2,1-2H3,(H,25,29). The molecule has 0 saturated carbocycles. The zero-order valence-corrected chi connectivity index (χ0v) is 23.3. The molecule has 2 saturated heterocycles. The van der Waals surface area contributed by atoms with E-state index in [1.165, 1.54) is 28.0 Å². The van der Waals surface area contributed by atoms with Crippen LogP contribution in [0.25, 0.3) is 0 Å². The van der Waals surface area contributed by atoms with Gasteiger partial charge in [-0.2, -0.15) is 12.6 Å². The Labute approximate surface area is 230 Å². The molecule has 1 N–H and O–H groups in total. The number of amides is 2. The quantitative estimate of drug-likeness (QED) is 0.219. The number of benzene rings is 1. The topological polar surface area (TPSA) is 101 Å². The lowest BCUT2D eigenvalue weighted by Gasteiger charge is -2.44. The smallest absolute Gasteiger partial charge is 0.330 e. The Morgan fingerprint density at radius 2 is 1.97 bits per heavy atom. The lowest BCUT2D eigenvalue weighted by Crippen LogP contribution is -2.71. The van der Waals surface area contributed by atoms with Gasteiger partial charge in [0.25, 0.3) is 0 Å². The highest BCUT2D eigenvalue weighted by Crippen LogP contribution is 2.58. The summed E-state index contributed by atoms with van der Waals surface area (Å²) >= 11 is 24.8. The molecule has 3 heterocycles. The summed E-state index contributed by atoms with van der Waals surface area (Å²) in [6, 6.07) is 7.38. The molecule has 5 unspecified atom stereocenters. The van der Waals surface area contributed by atoms with E-state index in [0.717, 1.165) is 10.6 Å². The number of aryl methyl sites for hydroxylation is 1. The molecule has 5 atom stereocenters. The maximum absolute atomic E-state index is 13.2. The molecule has 8 nitrogen and oxygen atoms in total. The van der Waals surface area contributed by atoms with Crippen LogP contribution in [-0.2, 0) is 25.5 Å². The predicted octanol–water partition coefficient (Wildman–Crippen LogP) is 3.50. The van der Waals surface area contributed by atoms with Crippen molar-refractivity contribution < 1.29 is 19.1 Å². The van der Waals surface area contributed by atoms with E-state index in [1.807, 2.05) is 44.2 Å². The largest absolute Gasteiger partial charge is 0.460 e. The third-order valence-corrected chi connectivity index (χ3v) is 9.79. The molecule has 4 rings (SSSR count). The van der Waals surface area contributed by atoms with Crippen molar-refractivity contribution >= 4 is 88.3 Å². The van der Waals surface area contributed by atoms with Crippen molar-refractivity contribution in [3.63, 3.8) is 0 Å². The number of esters is 1. The fourth-order valence-corrected chi connectivity index (χ4v) is 7.44. The maximum Gasteiger partial charge on any atom is 0.330 e. The lowest BCUT2D eigenvalue weighted by atomic mass is 9.91. The minimum absolute atomic E-state index is 0.132. The first-order valence-corrected chi connectivity index (χ1v) is 13.8. The van der Waals surface area contributed by atoms with Gasteiger partial charge in [0.1, 0.15) is 34.1 Å². The Bertz CT molecular complexity index is 1130. The normalized spacial score (nSPS) is 26.6. The first kappa shape index (κ1) is 26.8. The summed E-state index contributed by atoms with van der Waals surface area (Å²) in [7, 11) is 0. The number of hydrogen-bond donors (Lipinski definition) is 2. The van der Waals surface area contributed by atoms with Gasteiger partial charge in [0.15, 0.2) is 0 Å². The van der Waals surface area contributed by atoms with Crippen molar-refractivity contribution in [2.75, 3.05) is 6.61 Å². The number of carbonyl (C=O) groups is 3. The van der Waals surface area contributed by atoms with E-state index in [2.05, 4.69) is 15.5 Å². The number of alkyl halides is 3. The highest BCUT2D eigenvalue weighted by atomic mass is 35.6. The van der Waals surface area contributed by atoms with Gasteiger partial charge in [-0.25, -0.2) is 4.79 Å². The van der Waals surface area contributed by atoms with Gasteiger partial charge >= 0.3 is 5.97 Å². The van der Waals surface area contributed by atoms with Crippen LogP contribution in [-0.4, -0.2) is 65.5 Å². The van der Waals surface area contributed by atoms with E-state index in [9.17, 15) is 14.4 Å². The van der Waals surface area contributed by atoms with Gasteiger partial charge in [-0.1, -0.05) is 65.1 Å². The van der Waals surface area contributed by atoms with Gasteiger partial charge < -0.3 is 15.0 Å². The number of hydrogen-bond acceptors (Lipinski definition) is 9. The average molecular weight is 596 g/mol. The second-order valence-corrected chi connectivity index (χ2v) is 14.2. The van der Waals surface area contributed by atoms with Crippen molar-refractivity contribution in [3.8, 4) is 0 Å². The summed E-state index contributed by atoms with van der Waals surface area (Å²) < 4.78 is 2.51. The summed E-state index contributed by atoms with van der Waals surface area (Å²) in [4.78, 5) is 40.4. The van der Waals surface area contributed by atoms with E-state index < -0.39 is 49.7 Å². The number of β-lactam (4-membered cyclic amide) rings is 1. The van der Waals surface area contributed by atoms with Gasteiger partial charge in [-0.3, -0.25) is 9.59 Å². The molecule has 2 aliphatic heterocycles. The molecular formula is C21H21Cl3N4O4S3. The molecule has 1 aromatic carbocycles. The average Bonchev–Trinajstić information content (AvgIpc) is 3.35. The van der Waals surface area contributed by atoms with Crippen molar-refractivity contribution in [2.24, 2.45) is 0 Å².